The van der Waals surface area contributed by atoms with Crippen molar-refractivity contribution in [1.82, 2.24) is 24.9 Å². The van der Waals surface area contributed by atoms with Crippen molar-refractivity contribution in [3.8, 4) is 11.3 Å². The fourth-order valence-corrected chi connectivity index (χ4v) is 3.66. The topological polar surface area (TPSA) is 72.2 Å². The highest BCUT2D eigenvalue weighted by atomic mass is 35.5. The third kappa shape index (κ3) is 3.29. The van der Waals surface area contributed by atoms with Crippen LogP contribution in [-0.2, 0) is 0 Å². The second kappa shape index (κ2) is 7.03. The van der Waals surface area contributed by atoms with Crippen molar-refractivity contribution >= 4 is 23.2 Å². The van der Waals surface area contributed by atoms with E-state index in [4.69, 9.17) is 11.6 Å². The van der Waals surface area contributed by atoms with Crippen molar-refractivity contribution < 1.29 is 4.79 Å². The minimum absolute atomic E-state index is 0.111. The molecule has 3 aromatic heterocycles. The summed E-state index contributed by atoms with van der Waals surface area (Å²) in [6, 6.07) is 3.97. The molecule has 1 aliphatic carbocycles. The number of aromatic nitrogens is 4. The number of amides is 1. The molecule has 3 heterocycles. The zero-order valence-electron chi connectivity index (χ0n) is 14.6. The number of carbonyl (C=O) groups is 1. The van der Waals surface area contributed by atoms with Crippen LogP contribution in [0.25, 0.3) is 16.9 Å². The van der Waals surface area contributed by atoms with E-state index in [2.05, 4.69) is 20.4 Å². The maximum absolute atomic E-state index is 12.8. The zero-order chi connectivity index (χ0) is 18.1. The number of hydrogen-bond donors (Lipinski definition) is 1. The second-order valence-electron chi connectivity index (χ2n) is 6.78. The molecule has 1 fully saturated rings. The van der Waals surface area contributed by atoms with Crippen LogP contribution in [0.3, 0.4) is 0 Å². The van der Waals surface area contributed by atoms with Gasteiger partial charge in [-0.3, -0.25) is 9.78 Å². The van der Waals surface area contributed by atoms with Crippen LogP contribution in [0.2, 0.25) is 5.02 Å². The average Bonchev–Trinajstić information content (AvgIpc) is 3.07. The first kappa shape index (κ1) is 17.0. The zero-order valence-corrected chi connectivity index (χ0v) is 15.3. The van der Waals surface area contributed by atoms with Gasteiger partial charge in [0.15, 0.2) is 5.65 Å². The summed E-state index contributed by atoms with van der Waals surface area (Å²) in [6.07, 6.45) is 10.6. The van der Waals surface area contributed by atoms with Crippen molar-refractivity contribution in [2.24, 2.45) is 0 Å². The first-order chi connectivity index (χ1) is 12.6. The summed E-state index contributed by atoms with van der Waals surface area (Å²) in [7, 11) is 0. The first-order valence-electron chi connectivity index (χ1n) is 8.89. The van der Waals surface area contributed by atoms with Crippen LogP contribution < -0.4 is 5.32 Å². The molecule has 3 aromatic rings. The van der Waals surface area contributed by atoms with Gasteiger partial charge in [-0.05, 0) is 31.9 Å². The molecule has 0 radical (unpaired) electrons. The van der Waals surface area contributed by atoms with E-state index in [1.807, 2.05) is 19.1 Å². The number of rotatable bonds is 3. The predicted molar refractivity (Wildman–Crippen MR) is 100 cm³/mol. The van der Waals surface area contributed by atoms with Crippen LogP contribution in [0.1, 0.15) is 48.2 Å². The highest BCUT2D eigenvalue weighted by molar-refractivity contribution is 6.30. The lowest BCUT2D eigenvalue weighted by Crippen LogP contribution is -2.36. The first-order valence-corrected chi connectivity index (χ1v) is 9.27. The molecule has 0 aliphatic heterocycles. The van der Waals surface area contributed by atoms with Crippen molar-refractivity contribution in [2.75, 3.05) is 0 Å². The Balaban J connectivity index is 1.70. The quantitative estimate of drug-likeness (QED) is 0.761. The monoisotopic (exact) mass is 369 g/mol. The molecule has 1 aliphatic rings. The molecule has 0 aromatic carbocycles. The largest absolute Gasteiger partial charge is 0.349 e. The van der Waals surface area contributed by atoms with Gasteiger partial charge in [-0.15, -0.1) is 0 Å². The van der Waals surface area contributed by atoms with Crippen molar-refractivity contribution in [3.05, 3.63) is 47.0 Å². The summed E-state index contributed by atoms with van der Waals surface area (Å²) in [5.41, 5.74) is 3.46. The number of pyridine rings is 1. The van der Waals surface area contributed by atoms with E-state index in [1.54, 1.807) is 23.1 Å². The van der Waals surface area contributed by atoms with Gasteiger partial charge in [0.05, 0.1) is 16.9 Å². The molecule has 6 nitrogen and oxygen atoms in total. The van der Waals surface area contributed by atoms with Gasteiger partial charge in [0.1, 0.15) is 5.56 Å². The van der Waals surface area contributed by atoms with E-state index in [0.717, 1.165) is 29.8 Å². The highest BCUT2D eigenvalue weighted by Gasteiger charge is 2.21. The number of aryl methyl sites for hydroxylation is 1. The molecule has 1 saturated carbocycles. The van der Waals surface area contributed by atoms with Crippen LogP contribution in [-0.4, -0.2) is 31.5 Å². The Bertz CT molecular complexity index is 962. The lowest BCUT2D eigenvalue weighted by Gasteiger charge is -2.22. The van der Waals surface area contributed by atoms with E-state index in [9.17, 15) is 4.79 Å². The Morgan fingerprint density at radius 2 is 2.00 bits per heavy atom. The number of nitrogens with zero attached hydrogens (tertiary/aromatic N) is 4. The van der Waals surface area contributed by atoms with Crippen LogP contribution >= 0.6 is 11.6 Å². The average molecular weight is 370 g/mol. The molecule has 7 heteroatoms. The Kier molecular flexibility index (Phi) is 4.59. The van der Waals surface area contributed by atoms with Crippen molar-refractivity contribution in [3.63, 3.8) is 0 Å². The van der Waals surface area contributed by atoms with Gasteiger partial charge < -0.3 is 5.32 Å². The Labute approximate surface area is 156 Å². The number of nitrogens with one attached hydrogen (secondary N) is 1. The molecule has 0 saturated heterocycles. The van der Waals surface area contributed by atoms with Crippen molar-refractivity contribution in [2.45, 2.75) is 45.1 Å². The summed E-state index contributed by atoms with van der Waals surface area (Å²) in [6.45, 7) is 1.94. The Morgan fingerprint density at radius 1 is 1.19 bits per heavy atom. The maximum atomic E-state index is 12.8. The summed E-state index contributed by atoms with van der Waals surface area (Å²) in [4.78, 5) is 21.5. The third-order valence-electron chi connectivity index (χ3n) is 4.84. The van der Waals surface area contributed by atoms with Crippen LogP contribution in [0.5, 0.6) is 0 Å². The summed E-state index contributed by atoms with van der Waals surface area (Å²) < 4.78 is 1.69. The lowest BCUT2D eigenvalue weighted by atomic mass is 9.95. The van der Waals surface area contributed by atoms with Crippen LogP contribution in [0, 0.1) is 6.92 Å². The van der Waals surface area contributed by atoms with E-state index >= 15 is 0 Å². The summed E-state index contributed by atoms with van der Waals surface area (Å²) in [5.74, 6) is -0.111. The normalized spacial score (nSPS) is 15.3. The Morgan fingerprint density at radius 3 is 2.77 bits per heavy atom. The predicted octanol–water partition coefficient (Wildman–Crippen LogP) is 3.82. The van der Waals surface area contributed by atoms with Gasteiger partial charge in [-0.1, -0.05) is 30.9 Å². The number of carbonyl (C=O) groups excluding carboxylic acids is 1. The van der Waals surface area contributed by atoms with Gasteiger partial charge in [0.25, 0.3) is 5.91 Å². The highest BCUT2D eigenvalue weighted by Crippen LogP contribution is 2.23. The summed E-state index contributed by atoms with van der Waals surface area (Å²) >= 11 is 6.05. The Hall–Kier alpha value is -2.47. The fourth-order valence-electron chi connectivity index (χ4n) is 3.48. The number of halogens is 1. The standard InChI is InChI=1S/C19H20ClN5O/c1-12-7-17(13-8-14(20)10-21-9-13)24-18-16(11-22-25(12)18)19(26)23-15-5-3-2-4-6-15/h7-11,15H,2-6H2,1H3,(H,23,26). The summed E-state index contributed by atoms with van der Waals surface area (Å²) in [5, 5.41) is 8.02. The van der Waals surface area contributed by atoms with Crippen LogP contribution in [0.15, 0.2) is 30.7 Å². The smallest absolute Gasteiger partial charge is 0.256 e. The van der Waals surface area contributed by atoms with Gasteiger partial charge in [0.2, 0.25) is 0 Å². The number of hydrogen-bond acceptors (Lipinski definition) is 4. The molecule has 1 N–H and O–H groups in total. The number of fused-ring (bicyclic) bond motifs is 1. The van der Waals surface area contributed by atoms with Crippen LogP contribution in [0.4, 0.5) is 0 Å². The molecular formula is C19H20ClN5O. The van der Waals surface area contributed by atoms with Gasteiger partial charge >= 0.3 is 0 Å². The molecule has 0 atom stereocenters. The lowest BCUT2D eigenvalue weighted by molar-refractivity contribution is 0.0929. The fraction of sp³-hybridized carbons (Fsp3) is 0.368. The molecule has 26 heavy (non-hydrogen) atoms. The van der Waals surface area contributed by atoms with E-state index in [-0.39, 0.29) is 11.9 Å². The SMILES string of the molecule is Cc1cc(-c2cncc(Cl)c2)nc2c(C(=O)NC3CCCCC3)cnn12. The molecule has 0 bridgehead atoms. The second-order valence-corrected chi connectivity index (χ2v) is 7.21. The maximum Gasteiger partial charge on any atom is 0.256 e. The van der Waals surface area contributed by atoms with Gasteiger partial charge in [-0.25, -0.2) is 9.50 Å². The molecule has 134 valence electrons. The molecule has 0 unspecified atom stereocenters. The third-order valence-corrected chi connectivity index (χ3v) is 5.04. The molecule has 1 amide bonds. The van der Waals surface area contributed by atoms with E-state index in [0.29, 0.717) is 16.2 Å². The minimum Gasteiger partial charge on any atom is -0.349 e. The molecule has 0 spiro atoms. The van der Waals surface area contributed by atoms with E-state index < -0.39 is 0 Å². The van der Waals surface area contributed by atoms with Gasteiger partial charge in [0, 0.05) is 29.7 Å². The molecular weight excluding hydrogens is 350 g/mol. The van der Waals surface area contributed by atoms with E-state index in [1.165, 1.54) is 19.3 Å². The minimum atomic E-state index is -0.111. The molecule has 4 rings (SSSR count). The van der Waals surface area contributed by atoms with Crippen molar-refractivity contribution in [1.29, 1.82) is 0 Å². The van der Waals surface area contributed by atoms with Gasteiger partial charge in [-0.2, -0.15) is 5.10 Å².